The Balaban J connectivity index is 1.68. The van der Waals surface area contributed by atoms with Gasteiger partial charge in [0.2, 0.25) is 0 Å². The molecule has 2 aliphatic rings. The molecular formula is C15H21N3O. The van der Waals surface area contributed by atoms with Crippen molar-refractivity contribution in [2.75, 3.05) is 18.8 Å². The van der Waals surface area contributed by atoms with Crippen molar-refractivity contribution < 1.29 is 4.79 Å². The molecule has 102 valence electrons. The zero-order chi connectivity index (χ0) is 13.3. The Morgan fingerprint density at radius 3 is 2.53 bits per heavy atom. The molecule has 1 spiro atoms. The SMILES string of the molecule is Nc1ncccc1C(=O)N1CCC2(CCCC2)CC1. The molecule has 1 amide bonds. The van der Waals surface area contributed by atoms with Crippen LogP contribution >= 0.6 is 0 Å². The van der Waals surface area contributed by atoms with Gasteiger partial charge >= 0.3 is 0 Å². The molecule has 0 unspecified atom stereocenters. The minimum absolute atomic E-state index is 0.0402. The Bertz CT molecular complexity index is 470. The molecule has 2 N–H and O–H groups in total. The molecular weight excluding hydrogens is 238 g/mol. The lowest BCUT2D eigenvalue weighted by atomic mass is 9.77. The molecule has 1 aliphatic carbocycles. The number of piperidine rings is 1. The Kier molecular flexibility index (Phi) is 3.17. The number of anilines is 1. The number of rotatable bonds is 1. The van der Waals surface area contributed by atoms with Gasteiger partial charge in [0.05, 0.1) is 5.56 Å². The highest BCUT2D eigenvalue weighted by molar-refractivity contribution is 5.98. The standard InChI is InChI=1S/C15H21N3O/c16-13-12(4-3-9-17-13)14(19)18-10-7-15(8-11-18)5-1-2-6-15/h3-4,9H,1-2,5-8,10-11H2,(H2,16,17). The Hall–Kier alpha value is -1.58. The zero-order valence-corrected chi connectivity index (χ0v) is 11.3. The van der Waals surface area contributed by atoms with E-state index in [-0.39, 0.29) is 5.91 Å². The van der Waals surface area contributed by atoms with Crippen molar-refractivity contribution in [2.24, 2.45) is 5.41 Å². The molecule has 2 heterocycles. The van der Waals surface area contributed by atoms with Crippen LogP contribution in [0.4, 0.5) is 5.82 Å². The Morgan fingerprint density at radius 1 is 1.21 bits per heavy atom. The highest BCUT2D eigenvalue weighted by Crippen LogP contribution is 2.46. The highest BCUT2D eigenvalue weighted by atomic mass is 16.2. The summed E-state index contributed by atoms with van der Waals surface area (Å²) in [5.74, 6) is 0.382. The zero-order valence-electron chi connectivity index (χ0n) is 11.3. The van der Waals surface area contributed by atoms with Gasteiger partial charge in [0.15, 0.2) is 0 Å². The molecule has 2 fully saturated rings. The van der Waals surface area contributed by atoms with E-state index in [1.54, 1.807) is 18.3 Å². The van der Waals surface area contributed by atoms with E-state index in [0.717, 1.165) is 25.9 Å². The molecule has 19 heavy (non-hydrogen) atoms. The van der Waals surface area contributed by atoms with Gasteiger partial charge in [-0.25, -0.2) is 4.98 Å². The van der Waals surface area contributed by atoms with Gasteiger partial charge in [0.1, 0.15) is 5.82 Å². The molecule has 0 aromatic carbocycles. The lowest BCUT2D eigenvalue weighted by Crippen LogP contribution is -2.42. The van der Waals surface area contributed by atoms with Crippen LogP contribution in [0.3, 0.4) is 0 Å². The Morgan fingerprint density at radius 2 is 1.89 bits per heavy atom. The number of likely N-dealkylation sites (tertiary alicyclic amines) is 1. The summed E-state index contributed by atoms with van der Waals surface area (Å²) in [5, 5.41) is 0. The number of pyridine rings is 1. The summed E-state index contributed by atoms with van der Waals surface area (Å²) >= 11 is 0. The molecule has 0 radical (unpaired) electrons. The molecule has 4 nitrogen and oxygen atoms in total. The van der Waals surface area contributed by atoms with Gasteiger partial charge in [0.25, 0.3) is 5.91 Å². The van der Waals surface area contributed by atoms with Gasteiger partial charge in [-0.1, -0.05) is 12.8 Å². The largest absolute Gasteiger partial charge is 0.383 e. The second-order valence-corrected chi connectivity index (χ2v) is 5.94. The number of nitrogens with zero attached hydrogens (tertiary/aromatic N) is 2. The van der Waals surface area contributed by atoms with Crippen molar-refractivity contribution in [1.29, 1.82) is 0 Å². The predicted octanol–water partition coefficient (Wildman–Crippen LogP) is 2.46. The molecule has 1 saturated heterocycles. The first kappa shape index (κ1) is 12.5. The van der Waals surface area contributed by atoms with E-state index in [0.29, 0.717) is 16.8 Å². The van der Waals surface area contributed by atoms with Crippen LogP contribution in [0.5, 0.6) is 0 Å². The second kappa shape index (κ2) is 4.83. The molecule has 0 bridgehead atoms. The van der Waals surface area contributed by atoms with Gasteiger partial charge in [-0.05, 0) is 43.2 Å². The lowest BCUT2D eigenvalue weighted by molar-refractivity contribution is 0.0588. The summed E-state index contributed by atoms with van der Waals surface area (Å²) in [6.45, 7) is 1.74. The van der Waals surface area contributed by atoms with Crippen LogP contribution in [0.2, 0.25) is 0 Å². The summed E-state index contributed by atoms with van der Waals surface area (Å²) < 4.78 is 0. The predicted molar refractivity (Wildman–Crippen MR) is 74.7 cm³/mol. The van der Waals surface area contributed by atoms with Crippen LogP contribution in [-0.2, 0) is 0 Å². The number of carbonyl (C=O) groups is 1. The maximum atomic E-state index is 12.4. The van der Waals surface area contributed by atoms with Crippen LogP contribution in [-0.4, -0.2) is 28.9 Å². The van der Waals surface area contributed by atoms with Crippen LogP contribution in [0.1, 0.15) is 48.9 Å². The van der Waals surface area contributed by atoms with Crippen molar-refractivity contribution in [3.63, 3.8) is 0 Å². The summed E-state index contributed by atoms with van der Waals surface area (Å²) in [4.78, 5) is 18.4. The van der Waals surface area contributed by atoms with Crippen molar-refractivity contribution in [1.82, 2.24) is 9.88 Å². The van der Waals surface area contributed by atoms with Crippen LogP contribution < -0.4 is 5.73 Å². The van der Waals surface area contributed by atoms with Gasteiger partial charge in [0, 0.05) is 19.3 Å². The normalized spacial score (nSPS) is 21.8. The first-order valence-electron chi connectivity index (χ1n) is 7.20. The van der Waals surface area contributed by atoms with E-state index in [2.05, 4.69) is 4.98 Å². The summed E-state index contributed by atoms with van der Waals surface area (Å²) in [5.41, 5.74) is 6.87. The van der Waals surface area contributed by atoms with Crippen molar-refractivity contribution in [3.8, 4) is 0 Å². The van der Waals surface area contributed by atoms with E-state index in [1.165, 1.54) is 25.7 Å². The molecule has 1 saturated carbocycles. The number of hydrogen-bond donors (Lipinski definition) is 1. The third-order valence-electron chi connectivity index (χ3n) is 4.84. The van der Waals surface area contributed by atoms with Gasteiger partial charge in [-0.2, -0.15) is 0 Å². The van der Waals surface area contributed by atoms with Crippen LogP contribution in [0.15, 0.2) is 18.3 Å². The molecule has 0 atom stereocenters. The third kappa shape index (κ3) is 2.31. The highest BCUT2D eigenvalue weighted by Gasteiger charge is 2.38. The first-order chi connectivity index (χ1) is 9.20. The van der Waals surface area contributed by atoms with E-state index in [9.17, 15) is 4.79 Å². The van der Waals surface area contributed by atoms with Crippen LogP contribution in [0, 0.1) is 5.41 Å². The van der Waals surface area contributed by atoms with Gasteiger partial charge in [-0.15, -0.1) is 0 Å². The molecule has 1 aromatic heterocycles. The van der Waals surface area contributed by atoms with Gasteiger partial charge < -0.3 is 10.6 Å². The maximum absolute atomic E-state index is 12.4. The topological polar surface area (TPSA) is 59.2 Å². The number of amides is 1. The number of aromatic nitrogens is 1. The number of nitrogens with two attached hydrogens (primary N) is 1. The van der Waals surface area contributed by atoms with Crippen molar-refractivity contribution >= 4 is 11.7 Å². The third-order valence-corrected chi connectivity index (χ3v) is 4.84. The number of carbonyl (C=O) groups excluding carboxylic acids is 1. The smallest absolute Gasteiger partial charge is 0.257 e. The fourth-order valence-corrected chi connectivity index (χ4v) is 3.58. The fraction of sp³-hybridized carbons (Fsp3) is 0.600. The number of hydrogen-bond acceptors (Lipinski definition) is 3. The fourth-order valence-electron chi connectivity index (χ4n) is 3.58. The second-order valence-electron chi connectivity index (χ2n) is 5.94. The van der Waals surface area contributed by atoms with Crippen molar-refractivity contribution in [3.05, 3.63) is 23.9 Å². The first-order valence-corrected chi connectivity index (χ1v) is 7.20. The average Bonchev–Trinajstić information content (AvgIpc) is 2.88. The van der Waals surface area contributed by atoms with E-state index in [4.69, 9.17) is 5.73 Å². The molecule has 1 aliphatic heterocycles. The summed E-state index contributed by atoms with van der Waals surface area (Å²) in [6, 6.07) is 3.54. The summed E-state index contributed by atoms with van der Waals surface area (Å²) in [6.07, 6.45) is 9.36. The minimum Gasteiger partial charge on any atom is -0.383 e. The van der Waals surface area contributed by atoms with Crippen molar-refractivity contribution in [2.45, 2.75) is 38.5 Å². The van der Waals surface area contributed by atoms with Gasteiger partial charge in [-0.3, -0.25) is 4.79 Å². The average molecular weight is 259 g/mol. The minimum atomic E-state index is 0.0402. The molecule has 4 heteroatoms. The Labute approximate surface area is 114 Å². The quantitative estimate of drug-likeness (QED) is 0.842. The maximum Gasteiger partial charge on any atom is 0.257 e. The van der Waals surface area contributed by atoms with E-state index in [1.807, 2.05) is 4.90 Å². The monoisotopic (exact) mass is 259 g/mol. The number of nitrogen functional groups attached to an aromatic ring is 1. The van der Waals surface area contributed by atoms with Crippen LogP contribution in [0.25, 0.3) is 0 Å². The lowest BCUT2D eigenvalue weighted by Gasteiger charge is -2.39. The van der Waals surface area contributed by atoms with E-state index >= 15 is 0 Å². The molecule has 3 rings (SSSR count). The summed E-state index contributed by atoms with van der Waals surface area (Å²) in [7, 11) is 0. The van der Waals surface area contributed by atoms with E-state index < -0.39 is 0 Å². The molecule has 1 aromatic rings.